The molecule has 1 aromatic heterocycles. The van der Waals surface area contributed by atoms with Crippen LogP contribution in [0.3, 0.4) is 0 Å². The molecule has 0 fully saturated rings. The van der Waals surface area contributed by atoms with E-state index in [4.69, 9.17) is 0 Å². The van der Waals surface area contributed by atoms with Crippen molar-refractivity contribution in [2.24, 2.45) is 4.99 Å². The molecule has 3 aromatic rings. The largest absolute Gasteiger partial charge is 0.356 e. The van der Waals surface area contributed by atoms with Gasteiger partial charge in [0.2, 0.25) is 0 Å². The van der Waals surface area contributed by atoms with E-state index < -0.39 is 0 Å². The minimum Gasteiger partial charge on any atom is -0.356 e. The second kappa shape index (κ2) is 12.1. The Morgan fingerprint density at radius 3 is 2.65 bits per heavy atom. The van der Waals surface area contributed by atoms with Crippen molar-refractivity contribution in [2.45, 2.75) is 13.0 Å². The lowest BCUT2D eigenvalue weighted by molar-refractivity contribution is 0.0963. The van der Waals surface area contributed by atoms with Crippen LogP contribution in [0.4, 0.5) is 0 Å². The number of aromatic amines is 1. The number of benzene rings is 2. The van der Waals surface area contributed by atoms with Gasteiger partial charge in [-0.05, 0) is 29.7 Å². The Kier molecular flexibility index (Phi) is 9.51. The lowest BCUT2D eigenvalue weighted by Crippen LogP contribution is -2.39. The van der Waals surface area contributed by atoms with Crippen molar-refractivity contribution in [1.82, 2.24) is 25.5 Å². The zero-order valence-corrected chi connectivity index (χ0v) is 20.4. The minimum absolute atomic E-state index is 0. The molecule has 3 rings (SSSR count). The quantitative estimate of drug-likeness (QED) is 0.248. The molecule has 0 bridgehead atoms. The Balaban J connectivity index is 0.00000341. The van der Waals surface area contributed by atoms with E-state index in [9.17, 15) is 4.79 Å². The third-order valence-electron chi connectivity index (χ3n) is 4.79. The molecule has 0 aliphatic heterocycles. The monoisotopic (exact) mass is 532 g/mol. The minimum atomic E-state index is -0.0753. The van der Waals surface area contributed by atoms with E-state index in [0.717, 1.165) is 35.0 Å². The van der Waals surface area contributed by atoms with Gasteiger partial charge in [0.25, 0.3) is 5.91 Å². The highest BCUT2D eigenvalue weighted by Crippen LogP contribution is 2.16. The zero-order valence-electron chi connectivity index (χ0n) is 18.1. The average Bonchev–Trinajstić information content (AvgIpc) is 3.25. The highest BCUT2D eigenvalue weighted by Gasteiger charge is 2.10. The zero-order chi connectivity index (χ0) is 21.3. The fourth-order valence-electron chi connectivity index (χ4n) is 3.22. The maximum atomic E-state index is 11.8. The van der Waals surface area contributed by atoms with E-state index in [0.29, 0.717) is 18.7 Å². The molecule has 7 nitrogen and oxygen atoms in total. The van der Waals surface area contributed by atoms with Gasteiger partial charge in [0.15, 0.2) is 5.96 Å². The van der Waals surface area contributed by atoms with E-state index in [1.807, 2.05) is 60.6 Å². The molecule has 0 aliphatic carbocycles. The molecule has 0 unspecified atom stereocenters. The normalized spacial score (nSPS) is 10.9. The van der Waals surface area contributed by atoms with Crippen molar-refractivity contribution in [1.29, 1.82) is 0 Å². The van der Waals surface area contributed by atoms with Crippen LogP contribution in [0.1, 0.15) is 21.7 Å². The van der Waals surface area contributed by atoms with Gasteiger partial charge in [0.05, 0.1) is 18.4 Å². The Hall–Kier alpha value is -2.88. The summed E-state index contributed by atoms with van der Waals surface area (Å²) in [5.74, 6) is 1.58. The van der Waals surface area contributed by atoms with Crippen molar-refractivity contribution in [3.8, 4) is 11.3 Å². The standard InChI is InChI=1S/C23H28N6O.HI/c1-24-22(30)19-11-7-8-17(14-19)12-13-26-23(25-2)29(3)16-21-27-15-20(28-21)18-9-5-4-6-10-18;/h4-11,14-15H,12-13,16H2,1-3H3,(H,24,30)(H,25,26)(H,27,28);1H. The van der Waals surface area contributed by atoms with E-state index >= 15 is 0 Å². The highest BCUT2D eigenvalue weighted by molar-refractivity contribution is 14.0. The molecule has 0 saturated carbocycles. The number of nitrogens with zero attached hydrogens (tertiary/aromatic N) is 3. The van der Waals surface area contributed by atoms with Gasteiger partial charge >= 0.3 is 0 Å². The van der Waals surface area contributed by atoms with Gasteiger partial charge in [-0.1, -0.05) is 42.5 Å². The second-order valence-electron chi connectivity index (χ2n) is 6.97. The van der Waals surface area contributed by atoms with Crippen LogP contribution in [0.25, 0.3) is 11.3 Å². The topological polar surface area (TPSA) is 85.4 Å². The van der Waals surface area contributed by atoms with Crippen LogP contribution < -0.4 is 10.6 Å². The molecule has 164 valence electrons. The van der Waals surface area contributed by atoms with E-state index in [2.05, 4.69) is 37.7 Å². The number of nitrogens with one attached hydrogen (secondary N) is 3. The number of amides is 1. The maximum Gasteiger partial charge on any atom is 0.251 e. The second-order valence-corrected chi connectivity index (χ2v) is 6.97. The molecule has 3 N–H and O–H groups in total. The predicted molar refractivity (Wildman–Crippen MR) is 136 cm³/mol. The molecule has 1 amide bonds. The van der Waals surface area contributed by atoms with Crippen LogP contribution in [0.15, 0.2) is 65.8 Å². The number of carbonyl (C=O) groups is 1. The number of halogens is 1. The average molecular weight is 532 g/mol. The van der Waals surface area contributed by atoms with Crippen LogP contribution in [0, 0.1) is 0 Å². The number of hydrogen-bond donors (Lipinski definition) is 3. The smallest absolute Gasteiger partial charge is 0.251 e. The van der Waals surface area contributed by atoms with Crippen molar-refractivity contribution in [3.63, 3.8) is 0 Å². The van der Waals surface area contributed by atoms with Gasteiger partial charge in [0.1, 0.15) is 5.82 Å². The van der Waals surface area contributed by atoms with Crippen molar-refractivity contribution < 1.29 is 4.79 Å². The summed E-state index contributed by atoms with van der Waals surface area (Å²) in [6.45, 7) is 1.32. The summed E-state index contributed by atoms with van der Waals surface area (Å²) in [6.07, 6.45) is 2.64. The number of imidazole rings is 1. The maximum absolute atomic E-state index is 11.8. The molecule has 0 saturated heterocycles. The first-order valence-corrected chi connectivity index (χ1v) is 9.93. The lowest BCUT2D eigenvalue weighted by atomic mass is 10.1. The highest BCUT2D eigenvalue weighted by atomic mass is 127. The summed E-state index contributed by atoms with van der Waals surface area (Å²) < 4.78 is 0. The number of aliphatic imine (C=N–C) groups is 1. The molecule has 0 spiro atoms. The molecule has 0 aliphatic rings. The third-order valence-corrected chi connectivity index (χ3v) is 4.79. The fraction of sp³-hybridized carbons (Fsp3) is 0.261. The van der Waals surface area contributed by atoms with Crippen LogP contribution in [-0.4, -0.2) is 54.4 Å². The van der Waals surface area contributed by atoms with Crippen molar-refractivity contribution in [2.75, 3.05) is 27.7 Å². The van der Waals surface area contributed by atoms with Gasteiger partial charge in [-0.15, -0.1) is 24.0 Å². The number of rotatable bonds is 7. The van der Waals surface area contributed by atoms with Crippen LogP contribution in [0.2, 0.25) is 0 Å². The number of hydrogen-bond acceptors (Lipinski definition) is 3. The molecule has 0 radical (unpaired) electrons. The van der Waals surface area contributed by atoms with Crippen molar-refractivity contribution in [3.05, 3.63) is 77.7 Å². The molecular formula is C23H29IN6O. The van der Waals surface area contributed by atoms with Crippen LogP contribution in [0.5, 0.6) is 0 Å². The Morgan fingerprint density at radius 1 is 1.16 bits per heavy atom. The van der Waals surface area contributed by atoms with E-state index in [1.165, 1.54) is 0 Å². The van der Waals surface area contributed by atoms with Crippen molar-refractivity contribution >= 4 is 35.8 Å². The fourth-order valence-corrected chi connectivity index (χ4v) is 3.22. The summed E-state index contributed by atoms with van der Waals surface area (Å²) in [4.78, 5) is 26.0. The van der Waals surface area contributed by atoms with Gasteiger partial charge in [0, 0.05) is 33.3 Å². The summed E-state index contributed by atoms with van der Waals surface area (Å²) in [5, 5.41) is 6.03. The lowest BCUT2D eigenvalue weighted by Gasteiger charge is -2.21. The first kappa shape index (κ1) is 24.4. The predicted octanol–water partition coefficient (Wildman–Crippen LogP) is 3.30. The summed E-state index contributed by atoms with van der Waals surface area (Å²) >= 11 is 0. The number of H-pyrrole nitrogens is 1. The number of guanidine groups is 1. The third kappa shape index (κ3) is 6.81. The molecule has 8 heteroatoms. The molecule has 31 heavy (non-hydrogen) atoms. The number of carbonyl (C=O) groups excluding carboxylic acids is 1. The number of aromatic nitrogens is 2. The van der Waals surface area contributed by atoms with E-state index in [1.54, 1.807) is 14.1 Å². The Labute approximate surface area is 200 Å². The molecule has 0 atom stereocenters. The van der Waals surface area contributed by atoms with Gasteiger partial charge < -0.3 is 20.5 Å². The van der Waals surface area contributed by atoms with Gasteiger partial charge in [-0.25, -0.2) is 4.98 Å². The molecule has 2 aromatic carbocycles. The molecule has 1 heterocycles. The summed E-state index contributed by atoms with van der Waals surface area (Å²) in [6, 6.07) is 17.8. The SMILES string of the molecule is CN=C(NCCc1cccc(C(=O)NC)c1)N(C)Cc1ncc(-c2ccccc2)[nH]1.I. The first-order chi connectivity index (χ1) is 14.6. The Bertz CT molecular complexity index is 1000. The van der Waals surface area contributed by atoms with Crippen LogP contribution in [-0.2, 0) is 13.0 Å². The van der Waals surface area contributed by atoms with E-state index in [-0.39, 0.29) is 29.9 Å². The first-order valence-electron chi connectivity index (χ1n) is 9.93. The van der Waals surface area contributed by atoms with Gasteiger partial charge in [-0.2, -0.15) is 0 Å². The summed E-state index contributed by atoms with van der Waals surface area (Å²) in [5.41, 5.74) is 3.88. The Morgan fingerprint density at radius 2 is 1.94 bits per heavy atom. The molecular weight excluding hydrogens is 503 g/mol. The van der Waals surface area contributed by atoms with Crippen LogP contribution >= 0.6 is 24.0 Å². The van der Waals surface area contributed by atoms with Gasteiger partial charge in [-0.3, -0.25) is 9.79 Å². The summed E-state index contributed by atoms with van der Waals surface area (Å²) in [7, 11) is 5.38.